The molecular weight excluding hydrogens is 332 g/mol. The second kappa shape index (κ2) is 7.72. The van der Waals surface area contributed by atoms with E-state index in [1.54, 1.807) is 12.3 Å². The van der Waals surface area contributed by atoms with E-state index >= 15 is 0 Å². The molecule has 0 bridgehead atoms. The molecule has 3 heterocycles. The second-order valence-corrected chi connectivity index (χ2v) is 6.20. The lowest BCUT2D eigenvalue weighted by molar-refractivity contribution is 0.0317. The number of para-hydroxylation sites is 1. The predicted octanol–water partition coefficient (Wildman–Crippen LogP) is 2.47. The van der Waals surface area contributed by atoms with Gasteiger partial charge in [0.05, 0.1) is 18.7 Å². The molecule has 1 aromatic carbocycles. The van der Waals surface area contributed by atoms with E-state index in [1.165, 1.54) is 0 Å². The molecule has 7 nitrogen and oxygen atoms in total. The molecule has 0 spiro atoms. The monoisotopic (exact) mass is 354 g/mol. The van der Waals surface area contributed by atoms with E-state index in [1.807, 2.05) is 29.9 Å². The topological polar surface area (TPSA) is 61.6 Å². The Labute approximate surface area is 152 Å². The summed E-state index contributed by atoms with van der Waals surface area (Å²) in [4.78, 5) is 10.8. The number of fused-ring (bicyclic) bond motifs is 1. The number of nitrogens with zero attached hydrogens (tertiary/aromatic N) is 4. The maximum Gasteiger partial charge on any atom is 0.319 e. The third-order valence-corrected chi connectivity index (χ3v) is 4.43. The minimum absolute atomic E-state index is 0.329. The average Bonchev–Trinajstić information content (AvgIpc) is 3.05. The Hall–Kier alpha value is -2.64. The van der Waals surface area contributed by atoms with Crippen molar-refractivity contribution in [3.63, 3.8) is 0 Å². The zero-order valence-corrected chi connectivity index (χ0v) is 14.8. The number of benzene rings is 1. The van der Waals surface area contributed by atoms with Crippen LogP contribution in [0.3, 0.4) is 0 Å². The fraction of sp³-hybridized carbons (Fsp3) is 0.368. The van der Waals surface area contributed by atoms with Crippen molar-refractivity contribution in [1.82, 2.24) is 19.4 Å². The largest absolute Gasteiger partial charge is 0.462 e. The van der Waals surface area contributed by atoms with Crippen LogP contribution in [0.1, 0.15) is 0 Å². The summed E-state index contributed by atoms with van der Waals surface area (Å²) in [5.74, 6) is 1.23. The molecule has 136 valence electrons. The van der Waals surface area contributed by atoms with E-state index in [4.69, 9.17) is 14.2 Å². The highest BCUT2D eigenvalue weighted by molar-refractivity contribution is 5.86. The molecule has 7 heteroatoms. The molecule has 2 aromatic heterocycles. The molecular formula is C19H22N4O3. The summed E-state index contributed by atoms with van der Waals surface area (Å²) in [7, 11) is 2.00. The van der Waals surface area contributed by atoms with E-state index in [2.05, 4.69) is 27.0 Å². The van der Waals surface area contributed by atoms with E-state index in [0.717, 1.165) is 49.5 Å². The van der Waals surface area contributed by atoms with Gasteiger partial charge in [0.15, 0.2) is 5.75 Å². The smallest absolute Gasteiger partial charge is 0.319 e. The summed E-state index contributed by atoms with van der Waals surface area (Å²) < 4.78 is 19.1. The molecule has 1 aliphatic heterocycles. The van der Waals surface area contributed by atoms with Crippen LogP contribution in [-0.2, 0) is 11.8 Å². The third kappa shape index (κ3) is 3.79. The molecule has 1 fully saturated rings. The number of rotatable bonds is 6. The van der Waals surface area contributed by atoms with Gasteiger partial charge < -0.3 is 18.8 Å². The number of ether oxygens (including phenoxy) is 3. The van der Waals surface area contributed by atoms with Gasteiger partial charge >= 0.3 is 6.01 Å². The number of morpholine rings is 1. The van der Waals surface area contributed by atoms with E-state index in [9.17, 15) is 0 Å². The molecule has 1 aliphatic rings. The van der Waals surface area contributed by atoms with Crippen molar-refractivity contribution in [2.45, 2.75) is 0 Å². The second-order valence-electron chi connectivity index (χ2n) is 6.20. The zero-order chi connectivity index (χ0) is 17.8. The van der Waals surface area contributed by atoms with Gasteiger partial charge in [0.1, 0.15) is 6.61 Å². The lowest BCUT2D eigenvalue weighted by atomic mass is 10.2. The van der Waals surface area contributed by atoms with Gasteiger partial charge in [-0.1, -0.05) is 12.1 Å². The fourth-order valence-corrected chi connectivity index (χ4v) is 3.06. The number of hydrogen-bond acceptors (Lipinski definition) is 6. The van der Waals surface area contributed by atoms with Crippen molar-refractivity contribution in [3.8, 4) is 17.6 Å². The van der Waals surface area contributed by atoms with Crippen molar-refractivity contribution in [2.75, 3.05) is 39.5 Å². The maximum atomic E-state index is 5.99. The molecule has 3 aromatic rings. The van der Waals surface area contributed by atoms with Crippen LogP contribution in [0.2, 0.25) is 0 Å². The summed E-state index contributed by atoms with van der Waals surface area (Å²) in [5.41, 5.74) is 1.03. The Morgan fingerprint density at radius 3 is 2.92 bits per heavy atom. The Morgan fingerprint density at radius 1 is 1.15 bits per heavy atom. The predicted molar refractivity (Wildman–Crippen MR) is 97.8 cm³/mol. The zero-order valence-electron chi connectivity index (χ0n) is 14.8. The van der Waals surface area contributed by atoms with Gasteiger partial charge in [0.25, 0.3) is 0 Å². The molecule has 0 N–H and O–H groups in total. The number of aromatic nitrogens is 3. The van der Waals surface area contributed by atoms with Crippen LogP contribution in [-0.4, -0.2) is 58.9 Å². The summed E-state index contributed by atoms with van der Waals surface area (Å²) in [6.07, 6.45) is 3.66. The Kier molecular flexibility index (Phi) is 4.99. The minimum Gasteiger partial charge on any atom is -0.462 e. The van der Waals surface area contributed by atoms with Crippen molar-refractivity contribution in [2.24, 2.45) is 7.05 Å². The molecule has 4 rings (SSSR count). The van der Waals surface area contributed by atoms with Crippen LogP contribution in [0.25, 0.3) is 10.9 Å². The van der Waals surface area contributed by atoms with Crippen molar-refractivity contribution < 1.29 is 14.2 Å². The van der Waals surface area contributed by atoms with Gasteiger partial charge in [0, 0.05) is 50.5 Å². The third-order valence-electron chi connectivity index (χ3n) is 4.43. The van der Waals surface area contributed by atoms with Crippen LogP contribution in [0.5, 0.6) is 17.6 Å². The first-order chi connectivity index (χ1) is 12.8. The normalized spacial score (nSPS) is 15.3. The summed E-state index contributed by atoms with van der Waals surface area (Å²) in [5, 5.41) is 1.13. The van der Waals surface area contributed by atoms with Crippen molar-refractivity contribution >= 4 is 10.9 Å². The summed E-state index contributed by atoms with van der Waals surface area (Å²) in [6.45, 7) is 4.81. The van der Waals surface area contributed by atoms with Crippen LogP contribution < -0.4 is 9.47 Å². The molecule has 0 atom stereocenters. The molecule has 0 aliphatic carbocycles. The lowest BCUT2D eigenvalue weighted by Crippen LogP contribution is -2.38. The van der Waals surface area contributed by atoms with Gasteiger partial charge in [-0.05, 0) is 12.1 Å². The fourth-order valence-electron chi connectivity index (χ4n) is 3.06. The first-order valence-electron chi connectivity index (χ1n) is 8.77. The first kappa shape index (κ1) is 16.8. The lowest BCUT2D eigenvalue weighted by Gasteiger charge is -2.26. The van der Waals surface area contributed by atoms with Crippen LogP contribution in [0.15, 0.2) is 42.7 Å². The van der Waals surface area contributed by atoms with Gasteiger partial charge in [0.2, 0.25) is 5.88 Å². The van der Waals surface area contributed by atoms with Crippen LogP contribution in [0.4, 0.5) is 0 Å². The Bertz CT molecular complexity index is 874. The van der Waals surface area contributed by atoms with E-state index < -0.39 is 0 Å². The molecule has 0 amide bonds. The standard InChI is InChI=1S/C19H22N4O3/c1-22-8-6-15-3-2-4-16(18(15)22)26-17-5-7-20-19(21-17)25-14-11-23-9-12-24-13-10-23/h2-8H,9-14H2,1H3. The van der Waals surface area contributed by atoms with Gasteiger partial charge in [-0.25, -0.2) is 4.98 Å². The average molecular weight is 354 g/mol. The van der Waals surface area contributed by atoms with Gasteiger partial charge in [-0.3, -0.25) is 4.90 Å². The van der Waals surface area contributed by atoms with Gasteiger partial charge in [-0.15, -0.1) is 0 Å². The molecule has 0 unspecified atom stereocenters. The highest BCUT2D eigenvalue weighted by Gasteiger charge is 2.11. The Balaban J connectivity index is 1.41. The quantitative estimate of drug-likeness (QED) is 0.678. The molecule has 1 saturated heterocycles. The van der Waals surface area contributed by atoms with E-state index in [0.29, 0.717) is 18.5 Å². The SMILES string of the molecule is Cn1ccc2cccc(Oc3ccnc(OCCN4CCOCC4)n3)c21. The van der Waals surface area contributed by atoms with Crippen LogP contribution in [0, 0.1) is 0 Å². The maximum absolute atomic E-state index is 5.99. The Morgan fingerprint density at radius 2 is 2.04 bits per heavy atom. The summed E-state index contributed by atoms with van der Waals surface area (Å²) in [6, 6.07) is 10.1. The highest BCUT2D eigenvalue weighted by Crippen LogP contribution is 2.29. The van der Waals surface area contributed by atoms with E-state index in [-0.39, 0.29) is 0 Å². The number of hydrogen-bond donors (Lipinski definition) is 0. The first-order valence-corrected chi connectivity index (χ1v) is 8.77. The van der Waals surface area contributed by atoms with Crippen molar-refractivity contribution in [1.29, 1.82) is 0 Å². The highest BCUT2D eigenvalue weighted by atomic mass is 16.5. The van der Waals surface area contributed by atoms with Crippen molar-refractivity contribution in [3.05, 3.63) is 42.7 Å². The molecule has 0 radical (unpaired) electrons. The minimum atomic E-state index is 0.329. The number of aryl methyl sites for hydroxylation is 1. The van der Waals surface area contributed by atoms with Gasteiger partial charge in [-0.2, -0.15) is 4.98 Å². The molecule has 0 saturated carbocycles. The molecule has 26 heavy (non-hydrogen) atoms. The van der Waals surface area contributed by atoms with Crippen LogP contribution >= 0.6 is 0 Å². The summed E-state index contributed by atoms with van der Waals surface area (Å²) >= 11 is 0.